The van der Waals surface area contributed by atoms with Crippen LogP contribution in [-0.2, 0) is 11.3 Å². The van der Waals surface area contributed by atoms with Crippen molar-refractivity contribution in [2.75, 3.05) is 13.2 Å². The van der Waals surface area contributed by atoms with E-state index in [1.54, 1.807) is 30.3 Å². The molecule has 8 heteroatoms. The van der Waals surface area contributed by atoms with Gasteiger partial charge < -0.3 is 10.1 Å². The number of nitrogens with one attached hydrogen (secondary N) is 1. The van der Waals surface area contributed by atoms with Crippen molar-refractivity contribution in [1.29, 1.82) is 0 Å². The van der Waals surface area contributed by atoms with Gasteiger partial charge in [0.15, 0.2) is 0 Å². The third-order valence-corrected chi connectivity index (χ3v) is 4.61. The molecule has 0 fully saturated rings. The molecule has 0 aliphatic rings. The third-order valence-electron chi connectivity index (χ3n) is 3.54. The zero-order chi connectivity index (χ0) is 17.6. The standard InChI is InChI=1S/C17H16ClN3O3S/c18-12-1-3-13(4-2-12)24-9-7-19-15(22)5-8-21-11-20-16-14(17(21)23)6-10-25-16/h1-4,6,10-11H,5,7-9H2,(H,19,22). The number of fused-ring (bicyclic) bond motifs is 1. The Bertz CT molecular complexity index is 921. The minimum absolute atomic E-state index is 0.120. The van der Waals surface area contributed by atoms with Crippen LogP contribution in [-0.4, -0.2) is 28.6 Å². The molecular formula is C17H16ClN3O3S. The van der Waals surface area contributed by atoms with Gasteiger partial charge >= 0.3 is 0 Å². The highest BCUT2D eigenvalue weighted by atomic mass is 35.5. The number of carbonyl (C=O) groups is 1. The highest BCUT2D eigenvalue weighted by Crippen LogP contribution is 2.15. The van der Waals surface area contributed by atoms with Crippen LogP contribution in [0.1, 0.15) is 6.42 Å². The molecule has 1 amide bonds. The minimum Gasteiger partial charge on any atom is -0.492 e. The van der Waals surface area contributed by atoms with Crippen molar-refractivity contribution < 1.29 is 9.53 Å². The highest BCUT2D eigenvalue weighted by molar-refractivity contribution is 7.16. The van der Waals surface area contributed by atoms with E-state index in [-0.39, 0.29) is 17.9 Å². The van der Waals surface area contributed by atoms with Gasteiger partial charge in [0.05, 0.1) is 18.3 Å². The molecule has 130 valence electrons. The summed E-state index contributed by atoms with van der Waals surface area (Å²) in [6, 6.07) is 8.77. The molecular weight excluding hydrogens is 362 g/mol. The number of benzene rings is 1. The van der Waals surface area contributed by atoms with E-state index >= 15 is 0 Å². The summed E-state index contributed by atoms with van der Waals surface area (Å²) in [6.45, 7) is 1.04. The largest absolute Gasteiger partial charge is 0.492 e. The number of aryl methyl sites for hydroxylation is 1. The van der Waals surface area contributed by atoms with Crippen molar-refractivity contribution in [1.82, 2.24) is 14.9 Å². The first-order valence-electron chi connectivity index (χ1n) is 7.71. The predicted octanol–water partition coefficient (Wildman–Crippen LogP) is 2.70. The Labute approximate surface area is 153 Å². The van der Waals surface area contributed by atoms with E-state index in [9.17, 15) is 9.59 Å². The number of halogens is 1. The molecule has 0 saturated carbocycles. The maximum absolute atomic E-state index is 12.2. The van der Waals surface area contributed by atoms with Crippen LogP contribution >= 0.6 is 22.9 Å². The SMILES string of the molecule is O=C(CCn1cnc2sccc2c1=O)NCCOc1ccc(Cl)cc1. The molecule has 3 rings (SSSR count). The van der Waals surface area contributed by atoms with Crippen LogP contribution in [0.25, 0.3) is 10.2 Å². The first kappa shape index (κ1) is 17.4. The van der Waals surface area contributed by atoms with Crippen LogP contribution in [0.5, 0.6) is 5.75 Å². The number of ether oxygens (including phenoxy) is 1. The van der Waals surface area contributed by atoms with Crippen LogP contribution in [0.2, 0.25) is 5.02 Å². The summed E-state index contributed by atoms with van der Waals surface area (Å²) in [7, 11) is 0. The van der Waals surface area contributed by atoms with E-state index in [0.29, 0.717) is 40.7 Å². The molecule has 0 atom stereocenters. The van der Waals surface area contributed by atoms with Crippen molar-refractivity contribution in [2.45, 2.75) is 13.0 Å². The lowest BCUT2D eigenvalue weighted by Gasteiger charge is -2.08. The summed E-state index contributed by atoms with van der Waals surface area (Å²) in [6.07, 6.45) is 1.69. The lowest BCUT2D eigenvalue weighted by Crippen LogP contribution is -2.30. The molecule has 0 aliphatic heterocycles. The molecule has 2 heterocycles. The summed E-state index contributed by atoms with van der Waals surface area (Å²) in [4.78, 5) is 29.0. The molecule has 2 aromatic heterocycles. The molecule has 3 aromatic rings. The van der Waals surface area contributed by atoms with Gasteiger partial charge in [0, 0.05) is 18.0 Å². The smallest absolute Gasteiger partial charge is 0.262 e. The zero-order valence-electron chi connectivity index (χ0n) is 13.3. The number of hydrogen-bond acceptors (Lipinski definition) is 5. The van der Waals surface area contributed by atoms with Gasteiger partial charge in [0.1, 0.15) is 17.2 Å². The number of nitrogens with zero attached hydrogens (tertiary/aromatic N) is 2. The lowest BCUT2D eigenvalue weighted by atomic mass is 10.3. The van der Waals surface area contributed by atoms with Crippen molar-refractivity contribution in [2.24, 2.45) is 0 Å². The molecule has 0 unspecified atom stereocenters. The summed E-state index contributed by atoms with van der Waals surface area (Å²) in [5.74, 6) is 0.553. The fourth-order valence-electron chi connectivity index (χ4n) is 2.25. The van der Waals surface area contributed by atoms with Crippen molar-refractivity contribution >= 4 is 39.1 Å². The van der Waals surface area contributed by atoms with Crippen LogP contribution in [0, 0.1) is 0 Å². The third kappa shape index (κ3) is 4.58. The van der Waals surface area contributed by atoms with E-state index in [2.05, 4.69) is 10.3 Å². The number of rotatable bonds is 7. The van der Waals surface area contributed by atoms with Gasteiger partial charge in [-0.25, -0.2) is 4.98 Å². The van der Waals surface area contributed by atoms with Gasteiger partial charge in [-0.1, -0.05) is 11.6 Å². The topological polar surface area (TPSA) is 73.2 Å². The molecule has 25 heavy (non-hydrogen) atoms. The average molecular weight is 378 g/mol. The van der Waals surface area contributed by atoms with Crippen LogP contribution in [0.4, 0.5) is 0 Å². The fourth-order valence-corrected chi connectivity index (χ4v) is 3.10. The average Bonchev–Trinajstić information content (AvgIpc) is 3.09. The van der Waals surface area contributed by atoms with Crippen molar-refractivity contribution in [3.8, 4) is 5.75 Å². The molecule has 0 aliphatic carbocycles. The maximum Gasteiger partial charge on any atom is 0.262 e. The number of aromatic nitrogens is 2. The monoisotopic (exact) mass is 377 g/mol. The molecule has 0 spiro atoms. The van der Waals surface area contributed by atoms with Crippen LogP contribution < -0.4 is 15.6 Å². The number of thiophene rings is 1. The molecule has 1 N–H and O–H groups in total. The maximum atomic E-state index is 12.2. The van der Waals surface area contributed by atoms with Gasteiger partial charge in [-0.2, -0.15) is 0 Å². The summed E-state index contributed by atoms with van der Waals surface area (Å²) < 4.78 is 6.95. The number of carbonyl (C=O) groups excluding carboxylic acids is 1. The minimum atomic E-state index is -0.142. The lowest BCUT2D eigenvalue weighted by molar-refractivity contribution is -0.121. The van der Waals surface area contributed by atoms with Gasteiger partial charge in [0.2, 0.25) is 5.91 Å². The number of amides is 1. The van der Waals surface area contributed by atoms with Crippen LogP contribution in [0.15, 0.2) is 46.8 Å². The van der Waals surface area contributed by atoms with E-state index in [4.69, 9.17) is 16.3 Å². The second kappa shape index (κ2) is 8.13. The van der Waals surface area contributed by atoms with Crippen molar-refractivity contribution in [3.63, 3.8) is 0 Å². The van der Waals surface area contributed by atoms with E-state index in [0.717, 1.165) is 0 Å². The Balaban J connectivity index is 1.42. The molecule has 0 radical (unpaired) electrons. The second-order valence-electron chi connectivity index (χ2n) is 5.28. The summed E-state index contributed by atoms with van der Waals surface area (Å²) in [5.41, 5.74) is -0.120. The highest BCUT2D eigenvalue weighted by Gasteiger charge is 2.07. The number of hydrogen-bond donors (Lipinski definition) is 1. The van der Waals surface area contributed by atoms with Crippen molar-refractivity contribution in [3.05, 3.63) is 57.4 Å². The molecule has 6 nitrogen and oxygen atoms in total. The predicted molar refractivity (Wildman–Crippen MR) is 98.5 cm³/mol. The summed E-state index contributed by atoms with van der Waals surface area (Å²) in [5, 5.41) is 5.82. The fraction of sp³-hybridized carbons (Fsp3) is 0.235. The van der Waals surface area contributed by atoms with Crippen LogP contribution in [0.3, 0.4) is 0 Å². The van der Waals surface area contributed by atoms with E-state index in [1.807, 2.05) is 5.38 Å². The molecule has 1 aromatic carbocycles. The zero-order valence-corrected chi connectivity index (χ0v) is 14.8. The normalized spacial score (nSPS) is 10.8. The Morgan fingerprint density at radius 3 is 2.88 bits per heavy atom. The Hall–Kier alpha value is -2.38. The first-order chi connectivity index (χ1) is 12.1. The Morgan fingerprint density at radius 1 is 1.28 bits per heavy atom. The molecule has 0 saturated heterocycles. The first-order valence-corrected chi connectivity index (χ1v) is 8.97. The van der Waals surface area contributed by atoms with Gasteiger partial charge in [-0.3, -0.25) is 14.2 Å². The van der Waals surface area contributed by atoms with Gasteiger partial charge in [0.25, 0.3) is 5.56 Å². The van der Waals surface area contributed by atoms with E-state index in [1.165, 1.54) is 22.2 Å². The van der Waals surface area contributed by atoms with Gasteiger partial charge in [-0.15, -0.1) is 11.3 Å². The summed E-state index contributed by atoms with van der Waals surface area (Å²) >= 11 is 7.22. The molecule has 0 bridgehead atoms. The second-order valence-corrected chi connectivity index (χ2v) is 6.62. The van der Waals surface area contributed by atoms with Gasteiger partial charge in [-0.05, 0) is 35.7 Å². The Morgan fingerprint density at radius 2 is 2.08 bits per heavy atom. The quantitative estimate of drug-likeness (QED) is 0.642. The Kier molecular flexibility index (Phi) is 5.67. The van der Waals surface area contributed by atoms with E-state index < -0.39 is 0 Å².